The van der Waals surface area contributed by atoms with Crippen molar-refractivity contribution in [1.29, 1.82) is 0 Å². The lowest BCUT2D eigenvalue weighted by atomic mass is 10.0. The number of benzene rings is 3. The van der Waals surface area contributed by atoms with Gasteiger partial charge in [0.1, 0.15) is 16.9 Å². The molecule has 10 nitrogen and oxygen atoms in total. The molecule has 0 radical (unpaired) electrons. The molecule has 3 aromatic carbocycles. The van der Waals surface area contributed by atoms with Gasteiger partial charge in [-0.3, -0.25) is 19.5 Å². The molecule has 2 aliphatic rings. The highest BCUT2D eigenvalue weighted by atomic mass is 16.5. The van der Waals surface area contributed by atoms with Gasteiger partial charge in [-0.05, 0) is 73.0 Å². The van der Waals surface area contributed by atoms with Crippen molar-refractivity contribution in [1.82, 2.24) is 15.2 Å². The van der Waals surface area contributed by atoms with Gasteiger partial charge >= 0.3 is 6.09 Å². The fraction of sp³-hybridized carbons (Fsp3) is 0.226. The Labute approximate surface area is 236 Å². The molecule has 1 aliphatic heterocycles. The van der Waals surface area contributed by atoms with Crippen LogP contribution in [0.1, 0.15) is 24.4 Å². The zero-order valence-corrected chi connectivity index (χ0v) is 22.2. The van der Waals surface area contributed by atoms with Crippen LogP contribution in [0.15, 0.2) is 85.1 Å². The molecule has 0 bridgehead atoms. The first-order chi connectivity index (χ1) is 19.9. The molecule has 4 aromatic rings. The Morgan fingerprint density at radius 2 is 1.63 bits per heavy atom. The maximum absolute atomic E-state index is 13.0. The summed E-state index contributed by atoms with van der Waals surface area (Å²) in [7, 11) is 0. The molecule has 10 heteroatoms. The second-order valence-electron chi connectivity index (χ2n) is 10.3. The minimum atomic E-state index is -1.07. The number of hydrogen-bond acceptors (Lipinski definition) is 6. The fourth-order valence-electron chi connectivity index (χ4n) is 5.10. The number of carbonyl (C=O) groups excluding carboxylic acids is 2. The van der Waals surface area contributed by atoms with Crippen molar-refractivity contribution in [3.05, 3.63) is 90.6 Å². The lowest BCUT2D eigenvalue weighted by molar-refractivity contribution is -0.131. The Bertz CT molecular complexity index is 1600. The molecule has 3 amide bonds. The minimum Gasteiger partial charge on any atom is -0.465 e. The van der Waals surface area contributed by atoms with Gasteiger partial charge in [0.25, 0.3) is 0 Å². The smallest absolute Gasteiger partial charge is 0.407 e. The Hall–Kier alpha value is -4.96. The Morgan fingerprint density at radius 3 is 2.32 bits per heavy atom. The fourth-order valence-corrected chi connectivity index (χ4v) is 5.10. The molecule has 2 heterocycles. The van der Waals surface area contributed by atoms with E-state index >= 15 is 0 Å². The van der Waals surface area contributed by atoms with Gasteiger partial charge in [-0.2, -0.15) is 0 Å². The average Bonchev–Trinajstić information content (AvgIpc) is 3.81. The first kappa shape index (κ1) is 26.3. The molecule has 6 rings (SSSR count). The van der Waals surface area contributed by atoms with Gasteiger partial charge < -0.3 is 25.8 Å². The van der Waals surface area contributed by atoms with E-state index in [0.717, 1.165) is 16.5 Å². The number of nitrogens with zero attached hydrogens (tertiary/aromatic N) is 2. The zero-order chi connectivity index (χ0) is 28.4. The molecule has 2 fully saturated rings. The van der Waals surface area contributed by atoms with Gasteiger partial charge in [0, 0.05) is 42.6 Å². The van der Waals surface area contributed by atoms with E-state index in [4.69, 9.17) is 4.74 Å². The predicted molar refractivity (Wildman–Crippen MR) is 154 cm³/mol. The van der Waals surface area contributed by atoms with Crippen LogP contribution in [0.2, 0.25) is 0 Å². The number of anilines is 2. The van der Waals surface area contributed by atoms with Crippen molar-refractivity contribution in [2.75, 3.05) is 30.3 Å². The number of piperazine rings is 1. The van der Waals surface area contributed by atoms with E-state index in [2.05, 4.69) is 20.9 Å². The highest BCUT2D eigenvalue weighted by Gasteiger charge is 2.56. The van der Waals surface area contributed by atoms with Crippen molar-refractivity contribution in [2.45, 2.75) is 18.9 Å². The molecule has 208 valence electrons. The number of ether oxygens (including phenoxy) is 1. The number of aromatic nitrogens is 1. The normalized spacial score (nSPS) is 17.5. The van der Waals surface area contributed by atoms with Gasteiger partial charge in [-0.25, -0.2) is 4.79 Å². The van der Waals surface area contributed by atoms with E-state index in [1.165, 1.54) is 4.90 Å². The topological polar surface area (TPSA) is 133 Å². The summed E-state index contributed by atoms with van der Waals surface area (Å²) in [4.78, 5) is 43.5. The van der Waals surface area contributed by atoms with Gasteiger partial charge in [0.05, 0.1) is 11.6 Å². The Balaban J connectivity index is 1.15. The van der Waals surface area contributed by atoms with Crippen LogP contribution in [-0.4, -0.2) is 52.5 Å². The number of pyridine rings is 1. The summed E-state index contributed by atoms with van der Waals surface area (Å²) in [5, 5.41) is 19.4. The van der Waals surface area contributed by atoms with Crippen LogP contribution in [0.25, 0.3) is 10.9 Å². The van der Waals surface area contributed by atoms with Crippen LogP contribution in [0.3, 0.4) is 0 Å². The van der Waals surface area contributed by atoms with Crippen molar-refractivity contribution in [3.8, 4) is 11.5 Å². The second kappa shape index (κ2) is 10.9. The summed E-state index contributed by atoms with van der Waals surface area (Å²) in [5.74, 6) is 0.490. The molecule has 1 aliphatic carbocycles. The molecule has 0 spiro atoms. The molecule has 41 heavy (non-hydrogen) atoms. The summed E-state index contributed by atoms with van der Waals surface area (Å²) in [6, 6.07) is 23.2. The number of para-hydroxylation sites is 1. The maximum Gasteiger partial charge on any atom is 0.407 e. The first-order valence-electron chi connectivity index (χ1n) is 13.5. The predicted octanol–water partition coefficient (Wildman–Crippen LogP) is 5.01. The summed E-state index contributed by atoms with van der Waals surface area (Å²) in [5.41, 5.74) is 1.73. The van der Waals surface area contributed by atoms with E-state index in [9.17, 15) is 19.5 Å². The van der Waals surface area contributed by atoms with E-state index in [1.807, 2.05) is 36.4 Å². The SMILES string of the molecule is O=C(O)N1CCNCC1c1ccc2nccc(Oc3ccc(NC(=O)C4(C(=O)Nc5ccccc5)CC4)cc3)c2c1. The quantitative estimate of drug-likeness (QED) is 0.237. The average molecular weight is 552 g/mol. The molecule has 1 unspecified atom stereocenters. The molecular formula is C31H29N5O5. The number of nitrogens with one attached hydrogen (secondary N) is 3. The molecular weight excluding hydrogens is 522 g/mol. The number of amides is 3. The molecule has 4 N–H and O–H groups in total. The standard InChI is InChI=1S/C31H29N5O5/c37-28(34-21-4-2-1-3-5-21)31(13-14-31)29(38)35-22-7-9-23(10-8-22)41-27-12-15-33-25-11-6-20(18-24(25)27)26-19-32-16-17-36(26)30(39)40/h1-12,15,18,26,32H,13-14,16-17,19H2,(H,34,37)(H,35,38)(H,39,40). The lowest BCUT2D eigenvalue weighted by Gasteiger charge is -2.34. The third kappa shape index (κ3) is 5.42. The second-order valence-corrected chi connectivity index (χ2v) is 10.3. The van der Waals surface area contributed by atoms with Gasteiger partial charge in [-0.1, -0.05) is 24.3 Å². The van der Waals surface area contributed by atoms with Gasteiger partial charge in [-0.15, -0.1) is 0 Å². The van der Waals surface area contributed by atoms with Crippen LogP contribution in [0.5, 0.6) is 11.5 Å². The monoisotopic (exact) mass is 551 g/mol. The van der Waals surface area contributed by atoms with Crippen LogP contribution >= 0.6 is 0 Å². The van der Waals surface area contributed by atoms with E-state index < -0.39 is 11.5 Å². The summed E-state index contributed by atoms with van der Waals surface area (Å²) >= 11 is 0. The van der Waals surface area contributed by atoms with Crippen molar-refractivity contribution < 1.29 is 24.2 Å². The third-order valence-electron chi connectivity index (χ3n) is 7.59. The highest BCUT2D eigenvalue weighted by Crippen LogP contribution is 2.47. The lowest BCUT2D eigenvalue weighted by Crippen LogP contribution is -2.48. The van der Waals surface area contributed by atoms with Gasteiger partial charge in [0.15, 0.2) is 0 Å². The Kier molecular flexibility index (Phi) is 6.98. The number of carboxylic acid groups (broad SMARTS) is 1. The maximum atomic E-state index is 13.0. The highest BCUT2D eigenvalue weighted by molar-refractivity contribution is 6.16. The molecule has 1 saturated carbocycles. The third-order valence-corrected chi connectivity index (χ3v) is 7.59. The Morgan fingerprint density at radius 1 is 0.927 bits per heavy atom. The largest absolute Gasteiger partial charge is 0.465 e. The number of fused-ring (bicyclic) bond motifs is 1. The van der Waals surface area contributed by atoms with Crippen LogP contribution in [-0.2, 0) is 9.59 Å². The van der Waals surface area contributed by atoms with Crippen LogP contribution in [0.4, 0.5) is 16.2 Å². The molecule has 1 atom stereocenters. The van der Waals surface area contributed by atoms with Crippen LogP contribution < -0.4 is 20.7 Å². The molecule has 1 aromatic heterocycles. The van der Waals surface area contributed by atoms with E-state index in [1.54, 1.807) is 48.7 Å². The van der Waals surface area contributed by atoms with E-state index in [-0.39, 0.29) is 17.9 Å². The van der Waals surface area contributed by atoms with Crippen LogP contribution in [0, 0.1) is 5.41 Å². The summed E-state index contributed by atoms with van der Waals surface area (Å²) in [6.07, 6.45) is 1.71. The van der Waals surface area contributed by atoms with E-state index in [0.29, 0.717) is 55.3 Å². The number of rotatable bonds is 7. The van der Waals surface area contributed by atoms with Gasteiger partial charge in [0.2, 0.25) is 11.8 Å². The molecule has 1 saturated heterocycles. The first-order valence-corrected chi connectivity index (χ1v) is 13.5. The van der Waals surface area contributed by atoms with Crippen molar-refractivity contribution in [2.24, 2.45) is 5.41 Å². The number of carbonyl (C=O) groups is 3. The van der Waals surface area contributed by atoms with Crippen molar-refractivity contribution >= 4 is 40.2 Å². The van der Waals surface area contributed by atoms with Crippen molar-refractivity contribution in [3.63, 3.8) is 0 Å². The minimum absolute atomic E-state index is 0.305. The summed E-state index contributed by atoms with van der Waals surface area (Å²) < 4.78 is 6.19. The summed E-state index contributed by atoms with van der Waals surface area (Å²) in [6.45, 7) is 1.55. The number of hydrogen-bond donors (Lipinski definition) is 4. The zero-order valence-electron chi connectivity index (χ0n) is 22.2.